The third kappa shape index (κ3) is 4.09. The Kier molecular flexibility index (Phi) is 5.60. The van der Waals surface area contributed by atoms with Gasteiger partial charge < -0.3 is 10.1 Å². The number of piperidine rings is 1. The SMILES string of the molecule is Cc1cnc2c(c1)CCc1cccnc1C2C1CCN(C(=O)Cc2cc[n+]([O-])cc2)CC1. The Morgan fingerprint density at radius 2 is 1.81 bits per heavy atom. The molecule has 0 spiro atoms. The van der Waals surface area contributed by atoms with Crippen molar-refractivity contribution in [3.63, 3.8) is 0 Å². The van der Waals surface area contributed by atoms with Crippen LogP contribution in [0.4, 0.5) is 0 Å². The van der Waals surface area contributed by atoms with E-state index in [2.05, 4.69) is 19.1 Å². The molecule has 3 aromatic rings. The molecule has 5 rings (SSSR count). The summed E-state index contributed by atoms with van der Waals surface area (Å²) in [5, 5.41) is 11.2. The second kappa shape index (κ2) is 8.69. The Balaban J connectivity index is 1.35. The summed E-state index contributed by atoms with van der Waals surface area (Å²) in [7, 11) is 0. The van der Waals surface area contributed by atoms with E-state index in [1.807, 2.05) is 23.4 Å². The monoisotopic (exact) mass is 428 g/mol. The zero-order chi connectivity index (χ0) is 22.1. The van der Waals surface area contributed by atoms with Crippen molar-refractivity contribution in [2.24, 2.45) is 5.92 Å². The number of pyridine rings is 3. The van der Waals surface area contributed by atoms with E-state index >= 15 is 0 Å². The van der Waals surface area contributed by atoms with Crippen molar-refractivity contribution >= 4 is 5.91 Å². The van der Waals surface area contributed by atoms with Gasteiger partial charge >= 0.3 is 0 Å². The molecule has 32 heavy (non-hydrogen) atoms. The molecule has 1 unspecified atom stereocenters. The Labute approximate surface area is 188 Å². The van der Waals surface area contributed by atoms with E-state index in [0.717, 1.165) is 49.1 Å². The molecule has 1 amide bonds. The second-order valence-corrected chi connectivity index (χ2v) is 9.04. The zero-order valence-corrected chi connectivity index (χ0v) is 18.4. The standard InChI is InChI=1S/C26H28N4O2/c1-18-15-22-5-4-21-3-2-10-27-25(21)24(26(22)28-17-18)20-8-11-29(12-9-20)23(31)16-19-6-13-30(32)14-7-19/h2-3,6-7,10,13-15,17,20,24H,4-5,8-9,11-12,16H2,1H3. The van der Waals surface area contributed by atoms with Crippen LogP contribution < -0.4 is 4.73 Å². The molecule has 0 bridgehead atoms. The molecule has 164 valence electrons. The molecule has 1 saturated heterocycles. The smallest absolute Gasteiger partial charge is 0.226 e. The van der Waals surface area contributed by atoms with Crippen molar-refractivity contribution < 1.29 is 9.52 Å². The molecule has 3 aromatic heterocycles. The Morgan fingerprint density at radius 1 is 1.09 bits per heavy atom. The highest BCUT2D eigenvalue weighted by molar-refractivity contribution is 5.78. The summed E-state index contributed by atoms with van der Waals surface area (Å²) in [5.74, 6) is 0.722. The third-order valence-corrected chi connectivity index (χ3v) is 6.91. The Bertz CT molecular complexity index is 1120. The van der Waals surface area contributed by atoms with E-state index in [0.29, 0.717) is 12.3 Å². The number of hydrogen-bond donors (Lipinski definition) is 0. The number of fused-ring (bicyclic) bond motifs is 2. The van der Waals surface area contributed by atoms with Gasteiger partial charge in [0.25, 0.3) is 0 Å². The largest absolute Gasteiger partial charge is 0.619 e. The van der Waals surface area contributed by atoms with E-state index in [1.54, 1.807) is 12.1 Å². The fourth-order valence-corrected chi connectivity index (χ4v) is 5.24. The molecular formula is C26H28N4O2. The number of aryl methyl sites for hydroxylation is 3. The summed E-state index contributed by atoms with van der Waals surface area (Å²) in [6.07, 6.45) is 11.0. The first-order valence-corrected chi connectivity index (χ1v) is 11.4. The van der Waals surface area contributed by atoms with E-state index in [-0.39, 0.29) is 11.8 Å². The maximum Gasteiger partial charge on any atom is 0.226 e. The summed E-state index contributed by atoms with van der Waals surface area (Å²) < 4.78 is 0.742. The number of likely N-dealkylation sites (tertiary alicyclic amines) is 1. The van der Waals surface area contributed by atoms with Gasteiger partial charge in [-0.1, -0.05) is 12.1 Å². The van der Waals surface area contributed by atoms with Gasteiger partial charge in [-0.25, -0.2) is 0 Å². The van der Waals surface area contributed by atoms with Crippen LogP contribution in [0.1, 0.15) is 52.4 Å². The molecule has 1 aliphatic heterocycles. The van der Waals surface area contributed by atoms with Crippen LogP contribution in [0.25, 0.3) is 0 Å². The van der Waals surface area contributed by atoms with Gasteiger partial charge in [-0.2, -0.15) is 4.73 Å². The Hall–Kier alpha value is -3.28. The first-order valence-electron chi connectivity index (χ1n) is 11.4. The van der Waals surface area contributed by atoms with Crippen molar-refractivity contribution in [1.29, 1.82) is 0 Å². The van der Waals surface area contributed by atoms with Gasteiger partial charge in [-0.05, 0) is 66.8 Å². The van der Waals surface area contributed by atoms with Gasteiger partial charge in [-0.3, -0.25) is 14.8 Å². The number of aromatic nitrogens is 3. The fourth-order valence-electron chi connectivity index (χ4n) is 5.24. The van der Waals surface area contributed by atoms with Crippen LogP contribution in [-0.4, -0.2) is 33.9 Å². The maximum absolute atomic E-state index is 12.8. The summed E-state index contributed by atoms with van der Waals surface area (Å²) >= 11 is 0. The summed E-state index contributed by atoms with van der Waals surface area (Å²) in [5.41, 5.74) is 7.08. The molecule has 4 heterocycles. The molecule has 1 aliphatic carbocycles. The number of hydrogen-bond acceptors (Lipinski definition) is 4. The number of carbonyl (C=O) groups excluding carboxylic acids is 1. The predicted molar refractivity (Wildman–Crippen MR) is 121 cm³/mol. The molecule has 0 radical (unpaired) electrons. The summed E-state index contributed by atoms with van der Waals surface area (Å²) in [4.78, 5) is 24.5. The summed E-state index contributed by atoms with van der Waals surface area (Å²) in [6, 6.07) is 9.96. The lowest BCUT2D eigenvalue weighted by Gasteiger charge is -2.36. The summed E-state index contributed by atoms with van der Waals surface area (Å²) in [6.45, 7) is 3.60. The number of rotatable bonds is 3. The number of nitrogens with zero attached hydrogens (tertiary/aromatic N) is 4. The Morgan fingerprint density at radius 3 is 2.59 bits per heavy atom. The maximum atomic E-state index is 12.8. The van der Waals surface area contributed by atoms with Crippen LogP contribution in [0.2, 0.25) is 0 Å². The van der Waals surface area contributed by atoms with Gasteiger partial charge in [0.05, 0.1) is 17.8 Å². The molecule has 0 saturated carbocycles. The minimum absolute atomic E-state index is 0.126. The number of carbonyl (C=O) groups is 1. The molecule has 6 nitrogen and oxygen atoms in total. The van der Waals surface area contributed by atoms with Gasteiger partial charge in [0.1, 0.15) is 0 Å². The van der Waals surface area contributed by atoms with E-state index in [4.69, 9.17) is 9.97 Å². The predicted octanol–water partition coefficient (Wildman–Crippen LogP) is 3.13. The zero-order valence-electron chi connectivity index (χ0n) is 18.4. The normalized spacial score (nSPS) is 18.5. The average Bonchev–Trinajstić information content (AvgIpc) is 2.97. The molecule has 2 aliphatic rings. The van der Waals surface area contributed by atoms with Gasteiger partial charge in [0, 0.05) is 43.5 Å². The number of amides is 1. The molecule has 6 heteroatoms. The van der Waals surface area contributed by atoms with E-state index in [1.165, 1.54) is 40.5 Å². The molecular weight excluding hydrogens is 400 g/mol. The minimum Gasteiger partial charge on any atom is -0.619 e. The van der Waals surface area contributed by atoms with E-state index in [9.17, 15) is 10.0 Å². The van der Waals surface area contributed by atoms with Crippen LogP contribution in [0, 0.1) is 18.0 Å². The average molecular weight is 429 g/mol. The van der Waals surface area contributed by atoms with Crippen molar-refractivity contribution in [2.45, 2.75) is 44.9 Å². The lowest BCUT2D eigenvalue weighted by Crippen LogP contribution is -2.41. The molecule has 0 N–H and O–H groups in total. The van der Waals surface area contributed by atoms with Gasteiger partial charge in [0.15, 0.2) is 12.4 Å². The van der Waals surface area contributed by atoms with Gasteiger partial charge in [-0.15, -0.1) is 0 Å². The second-order valence-electron chi connectivity index (χ2n) is 9.04. The molecule has 1 atom stereocenters. The van der Waals surface area contributed by atoms with Crippen LogP contribution in [-0.2, 0) is 24.1 Å². The highest BCUT2D eigenvalue weighted by Crippen LogP contribution is 2.41. The first kappa shape index (κ1) is 20.6. The van der Waals surface area contributed by atoms with Crippen molar-refractivity contribution in [3.8, 4) is 0 Å². The highest BCUT2D eigenvalue weighted by atomic mass is 16.5. The highest BCUT2D eigenvalue weighted by Gasteiger charge is 2.35. The lowest BCUT2D eigenvalue weighted by molar-refractivity contribution is -0.605. The lowest BCUT2D eigenvalue weighted by atomic mass is 9.78. The van der Waals surface area contributed by atoms with Crippen LogP contribution in [0.3, 0.4) is 0 Å². The van der Waals surface area contributed by atoms with Crippen molar-refractivity contribution in [1.82, 2.24) is 14.9 Å². The molecule has 0 aromatic carbocycles. The van der Waals surface area contributed by atoms with Crippen LogP contribution in [0.15, 0.2) is 55.1 Å². The van der Waals surface area contributed by atoms with Crippen LogP contribution in [0.5, 0.6) is 0 Å². The van der Waals surface area contributed by atoms with Crippen LogP contribution >= 0.6 is 0 Å². The minimum atomic E-state index is 0.126. The third-order valence-electron chi connectivity index (χ3n) is 6.91. The van der Waals surface area contributed by atoms with Crippen molar-refractivity contribution in [2.75, 3.05) is 13.1 Å². The van der Waals surface area contributed by atoms with Crippen molar-refractivity contribution in [3.05, 3.63) is 94.0 Å². The van der Waals surface area contributed by atoms with E-state index < -0.39 is 0 Å². The van der Waals surface area contributed by atoms with Gasteiger partial charge in [0.2, 0.25) is 5.91 Å². The first-order chi connectivity index (χ1) is 15.6. The molecule has 1 fully saturated rings. The topological polar surface area (TPSA) is 73.0 Å². The fraction of sp³-hybridized carbons (Fsp3) is 0.385. The quantitative estimate of drug-likeness (QED) is 0.475.